The van der Waals surface area contributed by atoms with Crippen molar-refractivity contribution in [3.8, 4) is 0 Å². The van der Waals surface area contributed by atoms with Gasteiger partial charge in [-0.2, -0.15) is 0 Å². The monoisotopic (exact) mass is 202 g/mol. The molecular weight excluding hydrogens is 180 g/mol. The van der Waals surface area contributed by atoms with Gasteiger partial charge in [0.15, 0.2) is 6.29 Å². The van der Waals surface area contributed by atoms with E-state index in [4.69, 9.17) is 4.74 Å². The lowest BCUT2D eigenvalue weighted by Gasteiger charge is -2.41. The second-order valence-electron chi connectivity index (χ2n) is 4.90. The molecular formula is C11H22O3. The van der Waals surface area contributed by atoms with Gasteiger partial charge in [-0.05, 0) is 12.3 Å². The second kappa shape index (κ2) is 4.60. The average molecular weight is 202 g/mol. The summed E-state index contributed by atoms with van der Waals surface area (Å²) in [6.07, 6.45) is -0.397. The van der Waals surface area contributed by atoms with Gasteiger partial charge in [-0.3, -0.25) is 0 Å². The lowest BCUT2D eigenvalue weighted by Crippen LogP contribution is -2.49. The average Bonchev–Trinajstić information content (AvgIpc) is 2.10. The first kappa shape index (κ1) is 12.0. The van der Waals surface area contributed by atoms with E-state index in [9.17, 15) is 10.2 Å². The molecule has 0 saturated carbocycles. The minimum absolute atomic E-state index is 0.0174. The van der Waals surface area contributed by atoms with E-state index in [2.05, 4.69) is 13.8 Å². The molecule has 0 bridgehead atoms. The number of hydrogen-bond acceptors (Lipinski definition) is 3. The molecule has 14 heavy (non-hydrogen) atoms. The molecule has 0 aromatic carbocycles. The van der Waals surface area contributed by atoms with Crippen molar-refractivity contribution in [2.75, 3.05) is 0 Å². The zero-order valence-electron chi connectivity index (χ0n) is 9.47. The fourth-order valence-electron chi connectivity index (χ4n) is 2.03. The van der Waals surface area contributed by atoms with Crippen LogP contribution in [-0.4, -0.2) is 28.7 Å². The summed E-state index contributed by atoms with van der Waals surface area (Å²) in [5.74, 6) is 0.444. The number of aliphatic hydroxyl groups excluding tert-OH is 2. The van der Waals surface area contributed by atoms with Crippen molar-refractivity contribution < 1.29 is 14.9 Å². The third kappa shape index (κ3) is 2.47. The topological polar surface area (TPSA) is 49.7 Å². The first-order chi connectivity index (χ1) is 6.43. The maximum absolute atomic E-state index is 9.86. The molecule has 3 heteroatoms. The van der Waals surface area contributed by atoms with E-state index in [1.807, 2.05) is 13.8 Å². The molecule has 1 aliphatic rings. The quantitative estimate of drug-likeness (QED) is 0.711. The van der Waals surface area contributed by atoms with Gasteiger partial charge < -0.3 is 14.9 Å². The minimum Gasteiger partial charge on any atom is -0.392 e. The van der Waals surface area contributed by atoms with Crippen LogP contribution in [0.1, 0.15) is 34.1 Å². The van der Waals surface area contributed by atoms with Crippen molar-refractivity contribution >= 4 is 0 Å². The highest BCUT2D eigenvalue weighted by Gasteiger charge is 2.39. The molecule has 3 nitrogen and oxygen atoms in total. The third-order valence-electron chi connectivity index (χ3n) is 3.13. The highest BCUT2D eigenvalue weighted by atomic mass is 16.6. The highest BCUT2D eigenvalue weighted by molar-refractivity contribution is 4.84. The molecule has 0 radical (unpaired) electrons. The zero-order valence-corrected chi connectivity index (χ0v) is 9.47. The Morgan fingerprint density at radius 1 is 1.14 bits per heavy atom. The Bertz CT molecular complexity index is 181. The molecule has 1 rings (SSSR count). The van der Waals surface area contributed by atoms with Crippen LogP contribution in [0.3, 0.4) is 0 Å². The second-order valence-corrected chi connectivity index (χ2v) is 4.90. The first-order valence-electron chi connectivity index (χ1n) is 5.45. The summed E-state index contributed by atoms with van der Waals surface area (Å²) in [6, 6.07) is 0. The summed E-state index contributed by atoms with van der Waals surface area (Å²) in [5.41, 5.74) is 0. The normalized spacial score (nSPS) is 44.4. The predicted molar refractivity (Wildman–Crippen MR) is 54.7 cm³/mol. The Kier molecular flexibility index (Phi) is 3.93. The van der Waals surface area contributed by atoms with Gasteiger partial charge >= 0.3 is 0 Å². The van der Waals surface area contributed by atoms with Crippen LogP contribution in [0.4, 0.5) is 0 Å². The van der Waals surface area contributed by atoms with Crippen LogP contribution in [-0.2, 0) is 4.74 Å². The Labute approximate surface area is 86.1 Å². The standard InChI is InChI=1S/C11H22O3/c1-6(2)5-9-7(3)10(12)8(4)11(13)14-9/h6-13H,5H2,1-4H3/t7-,8+,9-,10+,11?/m0/s1. The zero-order chi connectivity index (χ0) is 10.9. The van der Waals surface area contributed by atoms with Crippen molar-refractivity contribution in [3.63, 3.8) is 0 Å². The van der Waals surface area contributed by atoms with Gasteiger partial charge in [-0.1, -0.05) is 27.7 Å². The molecule has 0 aromatic rings. The van der Waals surface area contributed by atoms with E-state index in [0.717, 1.165) is 6.42 Å². The third-order valence-corrected chi connectivity index (χ3v) is 3.13. The van der Waals surface area contributed by atoms with Crippen molar-refractivity contribution in [1.29, 1.82) is 0 Å². The molecule has 1 saturated heterocycles. The Hall–Kier alpha value is -0.120. The number of aliphatic hydroxyl groups is 2. The maximum Gasteiger partial charge on any atom is 0.159 e. The van der Waals surface area contributed by atoms with Crippen LogP contribution >= 0.6 is 0 Å². The van der Waals surface area contributed by atoms with E-state index < -0.39 is 12.4 Å². The summed E-state index contributed by atoms with van der Waals surface area (Å²) >= 11 is 0. The Morgan fingerprint density at radius 3 is 2.21 bits per heavy atom. The van der Waals surface area contributed by atoms with Gasteiger partial charge in [0.1, 0.15) is 0 Å². The molecule has 1 heterocycles. The molecule has 5 atom stereocenters. The predicted octanol–water partition coefficient (Wildman–Crippen LogP) is 1.38. The molecule has 0 aliphatic carbocycles. The van der Waals surface area contributed by atoms with Gasteiger partial charge in [0.25, 0.3) is 0 Å². The van der Waals surface area contributed by atoms with Crippen LogP contribution in [0.2, 0.25) is 0 Å². The Balaban J connectivity index is 2.60. The summed E-state index contributed by atoms with van der Waals surface area (Å²) in [4.78, 5) is 0. The molecule has 1 aliphatic heterocycles. The van der Waals surface area contributed by atoms with Crippen molar-refractivity contribution in [3.05, 3.63) is 0 Å². The highest BCUT2D eigenvalue weighted by Crippen LogP contribution is 2.31. The Morgan fingerprint density at radius 2 is 1.71 bits per heavy atom. The van der Waals surface area contributed by atoms with Gasteiger partial charge in [0.05, 0.1) is 12.2 Å². The molecule has 0 spiro atoms. The van der Waals surface area contributed by atoms with E-state index in [-0.39, 0.29) is 17.9 Å². The molecule has 1 unspecified atom stereocenters. The van der Waals surface area contributed by atoms with Gasteiger partial charge in [-0.15, -0.1) is 0 Å². The number of ether oxygens (including phenoxy) is 1. The van der Waals surface area contributed by atoms with Crippen LogP contribution < -0.4 is 0 Å². The molecule has 2 N–H and O–H groups in total. The van der Waals surface area contributed by atoms with E-state index >= 15 is 0 Å². The minimum atomic E-state index is -0.815. The number of hydrogen-bond donors (Lipinski definition) is 2. The smallest absolute Gasteiger partial charge is 0.159 e. The van der Waals surface area contributed by atoms with Crippen LogP contribution in [0.25, 0.3) is 0 Å². The first-order valence-corrected chi connectivity index (χ1v) is 5.45. The van der Waals surface area contributed by atoms with Crippen LogP contribution in [0.15, 0.2) is 0 Å². The fraction of sp³-hybridized carbons (Fsp3) is 1.00. The molecule has 84 valence electrons. The van der Waals surface area contributed by atoms with E-state index in [0.29, 0.717) is 5.92 Å². The van der Waals surface area contributed by atoms with Crippen molar-refractivity contribution in [1.82, 2.24) is 0 Å². The molecule has 0 amide bonds. The fourth-order valence-corrected chi connectivity index (χ4v) is 2.03. The largest absolute Gasteiger partial charge is 0.392 e. The van der Waals surface area contributed by atoms with Crippen LogP contribution in [0, 0.1) is 17.8 Å². The van der Waals surface area contributed by atoms with Gasteiger partial charge in [0, 0.05) is 11.8 Å². The summed E-state index contributed by atoms with van der Waals surface area (Å²) in [6.45, 7) is 8.04. The van der Waals surface area contributed by atoms with E-state index in [1.54, 1.807) is 0 Å². The lowest BCUT2D eigenvalue weighted by molar-refractivity contribution is -0.244. The molecule has 0 aromatic heterocycles. The van der Waals surface area contributed by atoms with Crippen molar-refractivity contribution in [2.45, 2.75) is 52.6 Å². The SMILES string of the molecule is CC(C)C[C@@H]1OC(O)[C@H](C)[C@H](O)[C@H]1C. The lowest BCUT2D eigenvalue weighted by atomic mass is 9.83. The maximum atomic E-state index is 9.86. The van der Waals surface area contributed by atoms with E-state index in [1.165, 1.54) is 0 Å². The summed E-state index contributed by atoms with van der Waals surface area (Å²) in [5, 5.41) is 19.4. The summed E-state index contributed by atoms with van der Waals surface area (Å²) < 4.78 is 5.49. The van der Waals surface area contributed by atoms with Crippen molar-refractivity contribution in [2.24, 2.45) is 17.8 Å². The van der Waals surface area contributed by atoms with Gasteiger partial charge in [0.2, 0.25) is 0 Å². The molecule has 1 fully saturated rings. The summed E-state index contributed by atoms with van der Waals surface area (Å²) in [7, 11) is 0. The van der Waals surface area contributed by atoms with Crippen LogP contribution in [0.5, 0.6) is 0 Å². The number of rotatable bonds is 2. The van der Waals surface area contributed by atoms with Gasteiger partial charge in [-0.25, -0.2) is 0 Å².